The monoisotopic (exact) mass is 280 g/mol. The van der Waals surface area contributed by atoms with Crippen LogP contribution in [0, 0.1) is 5.92 Å². The predicted octanol–water partition coefficient (Wildman–Crippen LogP) is 3.77. The third-order valence-electron chi connectivity index (χ3n) is 4.63. The Morgan fingerprint density at radius 1 is 1.10 bits per heavy atom. The van der Waals surface area contributed by atoms with E-state index in [9.17, 15) is 0 Å². The summed E-state index contributed by atoms with van der Waals surface area (Å²) >= 11 is 0. The van der Waals surface area contributed by atoms with Gasteiger partial charge in [-0.1, -0.05) is 55.5 Å². The van der Waals surface area contributed by atoms with E-state index in [2.05, 4.69) is 67.3 Å². The second-order valence-corrected chi connectivity index (χ2v) is 6.25. The fourth-order valence-corrected chi connectivity index (χ4v) is 3.34. The van der Waals surface area contributed by atoms with E-state index in [1.807, 2.05) is 6.07 Å². The number of para-hydroxylation sites is 1. The number of fused-ring (bicyclic) bond motifs is 1. The molecule has 2 nitrogen and oxygen atoms in total. The number of nitrogens with zero attached hydrogens (tertiary/aromatic N) is 1. The van der Waals surface area contributed by atoms with E-state index in [0.717, 1.165) is 13.0 Å². The van der Waals surface area contributed by atoms with Gasteiger partial charge in [-0.25, -0.2) is 0 Å². The zero-order chi connectivity index (χ0) is 14.8. The molecule has 110 valence electrons. The number of nitrogens with two attached hydrogens (primary N) is 1. The second kappa shape index (κ2) is 5.90. The van der Waals surface area contributed by atoms with Gasteiger partial charge in [0.05, 0.1) is 0 Å². The molecule has 2 heteroatoms. The van der Waals surface area contributed by atoms with Crippen LogP contribution in [0.3, 0.4) is 0 Å². The number of hydrogen-bond donors (Lipinski definition) is 1. The van der Waals surface area contributed by atoms with Crippen LogP contribution >= 0.6 is 0 Å². The summed E-state index contributed by atoms with van der Waals surface area (Å²) in [5.74, 6) is 0.418. The fourth-order valence-electron chi connectivity index (χ4n) is 3.34. The Hall–Kier alpha value is -1.80. The largest absolute Gasteiger partial charge is 0.368 e. The molecule has 3 atom stereocenters. The standard InChI is InChI=1S/C19H24N2/c1-14(19(20)16-8-4-3-5-9-16)13-21-15(2)12-17-10-6-7-11-18(17)21/h3-11,14-15,19H,12-13,20H2,1-2H3. The van der Waals surface area contributed by atoms with Crippen LogP contribution in [0.5, 0.6) is 0 Å². The van der Waals surface area contributed by atoms with Crippen LogP contribution in [0.2, 0.25) is 0 Å². The van der Waals surface area contributed by atoms with E-state index in [-0.39, 0.29) is 6.04 Å². The highest BCUT2D eigenvalue weighted by Gasteiger charge is 2.28. The highest BCUT2D eigenvalue weighted by atomic mass is 15.2. The molecule has 1 heterocycles. The average molecular weight is 280 g/mol. The molecule has 2 aromatic rings. The van der Waals surface area contributed by atoms with Crippen molar-refractivity contribution < 1.29 is 0 Å². The van der Waals surface area contributed by atoms with Crippen molar-refractivity contribution in [1.82, 2.24) is 0 Å². The zero-order valence-electron chi connectivity index (χ0n) is 12.9. The smallest absolute Gasteiger partial charge is 0.0402 e. The van der Waals surface area contributed by atoms with Crippen LogP contribution in [-0.4, -0.2) is 12.6 Å². The quantitative estimate of drug-likeness (QED) is 0.923. The molecule has 21 heavy (non-hydrogen) atoms. The maximum Gasteiger partial charge on any atom is 0.0402 e. The summed E-state index contributed by atoms with van der Waals surface area (Å²) in [6, 6.07) is 19.8. The Kier molecular flexibility index (Phi) is 3.98. The van der Waals surface area contributed by atoms with Crippen molar-refractivity contribution in [3.05, 3.63) is 65.7 Å². The van der Waals surface area contributed by atoms with E-state index in [1.165, 1.54) is 16.8 Å². The first-order valence-electron chi connectivity index (χ1n) is 7.82. The minimum absolute atomic E-state index is 0.0890. The summed E-state index contributed by atoms with van der Waals surface area (Å²) in [5.41, 5.74) is 10.5. The van der Waals surface area contributed by atoms with E-state index >= 15 is 0 Å². The van der Waals surface area contributed by atoms with Crippen LogP contribution in [0.15, 0.2) is 54.6 Å². The minimum atomic E-state index is 0.0890. The molecule has 1 aliphatic rings. The molecule has 3 rings (SSSR count). The molecule has 0 bridgehead atoms. The number of rotatable bonds is 4. The van der Waals surface area contributed by atoms with Gasteiger partial charge in [-0.3, -0.25) is 0 Å². The van der Waals surface area contributed by atoms with Gasteiger partial charge in [0.2, 0.25) is 0 Å². The Bertz CT molecular complexity index is 594. The first-order valence-corrected chi connectivity index (χ1v) is 7.82. The van der Waals surface area contributed by atoms with Gasteiger partial charge in [0, 0.05) is 24.3 Å². The fraction of sp³-hybridized carbons (Fsp3) is 0.368. The molecular formula is C19H24N2. The third kappa shape index (κ3) is 2.81. The van der Waals surface area contributed by atoms with Gasteiger partial charge in [-0.05, 0) is 36.5 Å². The molecule has 0 aliphatic carbocycles. The lowest BCUT2D eigenvalue weighted by atomic mass is 9.94. The first kappa shape index (κ1) is 14.2. The van der Waals surface area contributed by atoms with Crippen LogP contribution in [-0.2, 0) is 6.42 Å². The van der Waals surface area contributed by atoms with Gasteiger partial charge < -0.3 is 10.6 Å². The maximum absolute atomic E-state index is 6.46. The topological polar surface area (TPSA) is 29.3 Å². The normalized spacial score (nSPS) is 20.1. The summed E-state index contributed by atoms with van der Waals surface area (Å²) in [5, 5.41) is 0. The van der Waals surface area contributed by atoms with Gasteiger partial charge >= 0.3 is 0 Å². The Labute approximate surface area is 127 Å². The Balaban J connectivity index is 1.74. The lowest BCUT2D eigenvalue weighted by molar-refractivity contribution is 0.452. The molecule has 0 aromatic heterocycles. The molecule has 1 aliphatic heterocycles. The lowest BCUT2D eigenvalue weighted by Crippen LogP contribution is -2.37. The van der Waals surface area contributed by atoms with Crippen molar-refractivity contribution in [3.8, 4) is 0 Å². The van der Waals surface area contributed by atoms with Crippen molar-refractivity contribution in [2.75, 3.05) is 11.4 Å². The molecule has 0 fully saturated rings. The minimum Gasteiger partial charge on any atom is -0.368 e. The van der Waals surface area contributed by atoms with E-state index < -0.39 is 0 Å². The Morgan fingerprint density at radius 2 is 1.76 bits per heavy atom. The van der Waals surface area contributed by atoms with Crippen molar-refractivity contribution in [1.29, 1.82) is 0 Å². The summed E-state index contributed by atoms with van der Waals surface area (Å²) < 4.78 is 0. The lowest BCUT2D eigenvalue weighted by Gasteiger charge is -2.31. The number of anilines is 1. The summed E-state index contributed by atoms with van der Waals surface area (Å²) in [6.07, 6.45) is 1.14. The summed E-state index contributed by atoms with van der Waals surface area (Å²) in [4.78, 5) is 2.52. The third-order valence-corrected chi connectivity index (χ3v) is 4.63. The van der Waals surface area contributed by atoms with E-state index in [0.29, 0.717) is 12.0 Å². The van der Waals surface area contributed by atoms with Gasteiger partial charge in [-0.15, -0.1) is 0 Å². The molecule has 0 amide bonds. The molecular weight excluding hydrogens is 256 g/mol. The highest BCUT2D eigenvalue weighted by molar-refractivity contribution is 5.59. The highest BCUT2D eigenvalue weighted by Crippen LogP contribution is 2.33. The van der Waals surface area contributed by atoms with Crippen LogP contribution in [0.4, 0.5) is 5.69 Å². The molecule has 0 radical (unpaired) electrons. The van der Waals surface area contributed by atoms with E-state index in [1.54, 1.807) is 0 Å². The second-order valence-electron chi connectivity index (χ2n) is 6.25. The molecule has 2 N–H and O–H groups in total. The number of benzene rings is 2. The molecule has 3 unspecified atom stereocenters. The molecule has 2 aromatic carbocycles. The van der Waals surface area contributed by atoms with Crippen molar-refractivity contribution in [2.24, 2.45) is 11.7 Å². The maximum atomic E-state index is 6.46. The first-order chi connectivity index (χ1) is 10.2. The van der Waals surface area contributed by atoms with Crippen molar-refractivity contribution in [3.63, 3.8) is 0 Å². The number of hydrogen-bond acceptors (Lipinski definition) is 2. The van der Waals surface area contributed by atoms with Crippen molar-refractivity contribution in [2.45, 2.75) is 32.4 Å². The van der Waals surface area contributed by atoms with Crippen LogP contribution in [0.1, 0.15) is 31.0 Å². The molecule has 0 saturated carbocycles. The van der Waals surface area contributed by atoms with Gasteiger partial charge in [0.25, 0.3) is 0 Å². The van der Waals surface area contributed by atoms with Gasteiger partial charge in [0.15, 0.2) is 0 Å². The Morgan fingerprint density at radius 3 is 2.52 bits per heavy atom. The van der Waals surface area contributed by atoms with Crippen molar-refractivity contribution >= 4 is 5.69 Å². The SMILES string of the molecule is CC(CN1c2ccccc2CC1C)C(N)c1ccccc1. The molecule has 0 spiro atoms. The van der Waals surface area contributed by atoms with Gasteiger partial charge in [-0.2, -0.15) is 0 Å². The van der Waals surface area contributed by atoms with E-state index in [4.69, 9.17) is 5.73 Å². The van der Waals surface area contributed by atoms with Gasteiger partial charge in [0.1, 0.15) is 0 Å². The molecule has 0 saturated heterocycles. The predicted molar refractivity (Wildman–Crippen MR) is 89.5 cm³/mol. The van der Waals surface area contributed by atoms with Crippen LogP contribution < -0.4 is 10.6 Å². The van der Waals surface area contributed by atoms with Crippen LogP contribution in [0.25, 0.3) is 0 Å². The zero-order valence-corrected chi connectivity index (χ0v) is 12.9. The summed E-state index contributed by atoms with van der Waals surface area (Å²) in [7, 11) is 0. The summed E-state index contributed by atoms with van der Waals surface area (Å²) in [6.45, 7) is 5.57. The average Bonchev–Trinajstić information content (AvgIpc) is 2.83.